The van der Waals surface area contributed by atoms with Crippen LogP contribution in [0.5, 0.6) is 0 Å². The fourth-order valence-corrected chi connectivity index (χ4v) is 1.50. The summed E-state index contributed by atoms with van der Waals surface area (Å²) >= 11 is 5.96. The lowest BCUT2D eigenvalue weighted by Crippen LogP contribution is -2.12. The average Bonchev–Trinajstić information content (AvgIpc) is 2.70. The van der Waals surface area contributed by atoms with E-state index in [2.05, 4.69) is 10.3 Å². The summed E-state index contributed by atoms with van der Waals surface area (Å²) in [6, 6.07) is 5.29. The molecule has 2 rings (SSSR count). The van der Waals surface area contributed by atoms with Gasteiger partial charge in [-0.2, -0.15) is 0 Å². The minimum atomic E-state index is -0.391. The van der Waals surface area contributed by atoms with Crippen molar-refractivity contribution < 1.29 is 9.21 Å². The first-order chi connectivity index (χ1) is 8.06. The van der Waals surface area contributed by atoms with E-state index in [-0.39, 0.29) is 5.89 Å². The monoisotopic (exact) mass is 250 g/mol. The summed E-state index contributed by atoms with van der Waals surface area (Å²) in [5.41, 5.74) is 1.57. The van der Waals surface area contributed by atoms with Crippen LogP contribution in [0.15, 0.2) is 28.8 Å². The van der Waals surface area contributed by atoms with Gasteiger partial charge in [-0.1, -0.05) is 17.7 Å². The second-order valence-corrected chi connectivity index (χ2v) is 4.10. The predicted octanol–water partition coefficient (Wildman–Crippen LogP) is 3.20. The Bertz CT molecular complexity index is 563. The first-order valence-electron chi connectivity index (χ1n) is 5.06. The van der Waals surface area contributed by atoms with E-state index in [0.29, 0.717) is 16.5 Å². The van der Waals surface area contributed by atoms with Gasteiger partial charge in [0.2, 0.25) is 0 Å². The summed E-state index contributed by atoms with van der Waals surface area (Å²) in [6.45, 7) is 3.62. The number of benzene rings is 1. The Balaban J connectivity index is 2.15. The third kappa shape index (κ3) is 2.65. The van der Waals surface area contributed by atoms with Gasteiger partial charge >= 0.3 is 5.91 Å². The van der Waals surface area contributed by atoms with Crippen LogP contribution in [-0.2, 0) is 0 Å². The molecule has 1 N–H and O–H groups in total. The van der Waals surface area contributed by atoms with E-state index in [0.717, 1.165) is 5.56 Å². The van der Waals surface area contributed by atoms with E-state index in [4.69, 9.17) is 16.0 Å². The molecule has 88 valence electrons. The van der Waals surface area contributed by atoms with Crippen LogP contribution in [-0.4, -0.2) is 10.9 Å². The minimum Gasteiger partial charge on any atom is -0.438 e. The van der Waals surface area contributed by atoms with Gasteiger partial charge in [0.25, 0.3) is 5.89 Å². The van der Waals surface area contributed by atoms with Crippen molar-refractivity contribution in [1.82, 2.24) is 4.98 Å². The third-order valence-corrected chi connectivity index (χ3v) is 2.65. The molecule has 0 saturated carbocycles. The van der Waals surface area contributed by atoms with Crippen molar-refractivity contribution in [3.63, 3.8) is 0 Å². The van der Waals surface area contributed by atoms with Crippen LogP contribution >= 0.6 is 11.6 Å². The number of carbonyl (C=O) groups is 1. The Morgan fingerprint density at radius 3 is 2.76 bits per heavy atom. The highest BCUT2D eigenvalue weighted by atomic mass is 35.5. The molecule has 0 saturated heterocycles. The van der Waals surface area contributed by atoms with Crippen LogP contribution < -0.4 is 5.32 Å². The molecule has 0 spiro atoms. The van der Waals surface area contributed by atoms with Crippen LogP contribution in [0, 0.1) is 13.8 Å². The highest BCUT2D eigenvalue weighted by Gasteiger charge is 2.12. The third-order valence-electron chi connectivity index (χ3n) is 2.25. The molecule has 0 aliphatic carbocycles. The topological polar surface area (TPSA) is 55.1 Å². The number of oxazole rings is 1. The van der Waals surface area contributed by atoms with Crippen LogP contribution in [0.25, 0.3) is 0 Å². The predicted molar refractivity (Wildman–Crippen MR) is 65.4 cm³/mol. The molecule has 1 amide bonds. The van der Waals surface area contributed by atoms with Crippen LogP contribution in [0.3, 0.4) is 0 Å². The number of nitrogens with zero attached hydrogens (tertiary/aromatic N) is 1. The number of hydrogen-bond acceptors (Lipinski definition) is 3. The number of halogens is 1. The standard InChI is InChI=1S/C12H11ClN2O2/c1-7-3-4-9(5-10(7)13)15-11(16)12-14-6-8(2)17-12/h3-6H,1-2H3,(H,15,16). The molecular weight excluding hydrogens is 240 g/mol. The van der Waals surface area contributed by atoms with E-state index < -0.39 is 5.91 Å². The minimum absolute atomic E-state index is 0.0409. The highest BCUT2D eigenvalue weighted by Crippen LogP contribution is 2.20. The van der Waals surface area contributed by atoms with Gasteiger partial charge < -0.3 is 9.73 Å². The molecule has 0 bridgehead atoms. The van der Waals surface area contributed by atoms with Gasteiger partial charge in [0.15, 0.2) is 0 Å². The highest BCUT2D eigenvalue weighted by molar-refractivity contribution is 6.31. The molecule has 4 nitrogen and oxygen atoms in total. The summed E-state index contributed by atoms with van der Waals surface area (Å²) < 4.78 is 5.12. The maximum Gasteiger partial charge on any atom is 0.311 e. The molecule has 5 heteroatoms. The quantitative estimate of drug-likeness (QED) is 0.891. The lowest BCUT2D eigenvalue weighted by atomic mass is 10.2. The lowest BCUT2D eigenvalue weighted by Gasteiger charge is -2.04. The number of aromatic nitrogens is 1. The molecule has 0 fully saturated rings. The van der Waals surface area contributed by atoms with Gasteiger partial charge in [0.05, 0.1) is 6.20 Å². The Morgan fingerprint density at radius 1 is 1.41 bits per heavy atom. The van der Waals surface area contributed by atoms with E-state index in [1.165, 1.54) is 6.20 Å². The summed E-state index contributed by atoms with van der Waals surface area (Å²) in [4.78, 5) is 15.6. The van der Waals surface area contributed by atoms with E-state index >= 15 is 0 Å². The maximum absolute atomic E-state index is 11.7. The zero-order valence-corrected chi connectivity index (χ0v) is 10.2. The molecule has 0 unspecified atom stereocenters. The summed E-state index contributed by atoms with van der Waals surface area (Å²) in [7, 11) is 0. The van der Waals surface area contributed by atoms with Crippen molar-refractivity contribution in [2.45, 2.75) is 13.8 Å². The van der Waals surface area contributed by atoms with Gasteiger partial charge in [-0.15, -0.1) is 0 Å². The SMILES string of the molecule is Cc1cnc(C(=O)Nc2ccc(C)c(Cl)c2)o1. The van der Waals surface area contributed by atoms with Gasteiger partial charge in [0.1, 0.15) is 5.76 Å². The number of hydrogen-bond donors (Lipinski definition) is 1. The van der Waals surface area contributed by atoms with Crippen molar-refractivity contribution in [2.75, 3.05) is 5.32 Å². The second kappa shape index (κ2) is 4.59. The second-order valence-electron chi connectivity index (χ2n) is 3.69. The zero-order valence-electron chi connectivity index (χ0n) is 9.45. The lowest BCUT2D eigenvalue weighted by molar-refractivity contribution is 0.0989. The Morgan fingerprint density at radius 2 is 2.18 bits per heavy atom. The summed E-state index contributed by atoms with van der Waals surface area (Å²) in [5, 5.41) is 3.26. The van der Waals surface area contributed by atoms with Crippen molar-refractivity contribution in [3.05, 3.63) is 46.6 Å². The van der Waals surface area contributed by atoms with Gasteiger partial charge in [-0.25, -0.2) is 4.98 Å². The first-order valence-corrected chi connectivity index (χ1v) is 5.44. The molecule has 0 aliphatic heterocycles. The number of rotatable bonds is 2. The van der Waals surface area contributed by atoms with Crippen LogP contribution in [0.4, 0.5) is 5.69 Å². The van der Waals surface area contributed by atoms with Crippen LogP contribution in [0.2, 0.25) is 5.02 Å². The molecule has 17 heavy (non-hydrogen) atoms. The van der Waals surface area contributed by atoms with Crippen molar-refractivity contribution in [1.29, 1.82) is 0 Å². The molecular formula is C12H11ClN2O2. The smallest absolute Gasteiger partial charge is 0.311 e. The number of nitrogens with one attached hydrogen (secondary N) is 1. The number of aryl methyl sites for hydroxylation is 2. The fourth-order valence-electron chi connectivity index (χ4n) is 1.31. The average molecular weight is 251 g/mol. The Hall–Kier alpha value is -1.81. The summed E-state index contributed by atoms with van der Waals surface area (Å²) in [5.74, 6) is 0.245. The first kappa shape index (κ1) is 11.7. The van der Waals surface area contributed by atoms with E-state index in [1.54, 1.807) is 19.1 Å². The Labute approximate surface area is 104 Å². The maximum atomic E-state index is 11.7. The molecule has 0 aliphatic rings. The van der Waals surface area contributed by atoms with Crippen molar-refractivity contribution in [3.8, 4) is 0 Å². The molecule has 0 radical (unpaired) electrons. The normalized spacial score (nSPS) is 10.3. The van der Waals surface area contributed by atoms with E-state index in [9.17, 15) is 4.79 Å². The van der Waals surface area contributed by atoms with Crippen LogP contribution in [0.1, 0.15) is 22.0 Å². The number of amides is 1. The molecule has 1 heterocycles. The molecule has 0 atom stereocenters. The Kier molecular flexibility index (Phi) is 3.15. The fraction of sp³-hybridized carbons (Fsp3) is 0.167. The molecule has 1 aromatic carbocycles. The zero-order chi connectivity index (χ0) is 12.4. The van der Waals surface area contributed by atoms with Crippen molar-refractivity contribution in [2.24, 2.45) is 0 Å². The summed E-state index contributed by atoms with van der Waals surface area (Å²) in [6.07, 6.45) is 1.50. The van der Waals surface area contributed by atoms with Gasteiger partial charge in [0, 0.05) is 10.7 Å². The van der Waals surface area contributed by atoms with Crippen molar-refractivity contribution >= 4 is 23.2 Å². The van der Waals surface area contributed by atoms with E-state index in [1.807, 2.05) is 13.0 Å². The largest absolute Gasteiger partial charge is 0.438 e. The molecule has 2 aromatic rings. The van der Waals surface area contributed by atoms with Gasteiger partial charge in [-0.05, 0) is 31.5 Å². The van der Waals surface area contributed by atoms with Gasteiger partial charge in [-0.3, -0.25) is 4.79 Å². The number of anilines is 1. The number of carbonyl (C=O) groups excluding carboxylic acids is 1. The molecule has 1 aromatic heterocycles.